The number of aromatic hydroxyl groups is 1. The summed E-state index contributed by atoms with van der Waals surface area (Å²) >= 11 is 0. The zero-order valence-electron chi connectivity index (χ0n) is 9.15. The van der Waals surface area contributed by atoms with E-state index >= 15 is 0 Å². The van der Waals surface area contributed by atoms with Crippen LogP contribution in [-0.4, -0.2) is 29.3 Å². The highest BCUT2D eigenvalue weighted by Gasteiger charge is 1.99. The molecule has 0 heterocycles. The molecule has 0 aliphatic heterocycles. The molecule has 0 aliphatic carbocycles. The summed E-state index contributed by atoms with van der Waals surface area (Å²) < 4.78 is 0. The molecule has 1 aromatic rings. The first-order valence-electron chi connectivity index (χ1n) is 5.38. The summed E-state index contributed by atoms with van der Waals surface area (Å²) in [5.74, 6) is 0.212. The van der Waals surface area contributed by atoms with Crippen LogP contribution in [0.2, 0.25) is 0 Å². The molecule has 1 aromatic carbocycles. The Morgan fingerprint density at radius 1 is 1.25 bits per heavy atom. The van der Waals surface area contributed by atoms with Crippen LogP contribution < -0.4 is 5.32 Å². The lowest BCUT2D eigenvalue weighted by molar-refractivity contribution is -0.121. The summed E-state index contributed by atoms with van der Waals surface area (Å²) in [6.45, 7) is 0.625. The highest BCUT2D eigenvalue weighted by Crippen LogP contribution is 2.09. The zero-order chi connectivity index (χ0) is 11.8. The molecule has 88 valence electrons. The van der Waals surface area contributed by atoms with Crippen molar-refractivity contribution in [3.05, 3.63) is 29.8 Å². The first kappa shape index (κ1) is 12.5. The second-order valence-corrected chi connectivity index (χ2v) is 3.59. The predicted molar refractivity (Wildman–Crippen MR) is 61.1 cm³/mol. The van der Waals surface area contributed by atoms with Crippen LogP contribution in [0.4, 0.5) is 0 Å². The number of phenols is 1. The Labute approximate surface area is 94.9 Å². The lowest BCUT2D eigenvalue weighted by atomic mass is 10.1. The minimum atomic E-state index is -0.0344. The first-order chi connectivity index (χ1) is 7.72. The molecule has 4 nitrogen and oxygen atoms in total. The number of aliphatic hydroxyl groups excluding tert-OH is 1. The van der Waals surface area contributed by atoms with Crippen LogP contribution in [0.15, 0.2) is 24.3 Å². The molecule has 0 saturated carbocycles. The Balaban J connectivity index is 2.20. The van der Waals surface area contributed by atoms with E-state index < -0.39 is 0 Å². The topological polar surface area (TPSA) is 69.6 Å². The number of hydrogen-bond acceptors (Lipinski definition) is 3. The Morgan fingerprint density at radius 3 is 2.56 bits per heavy atom. The van der Waals surface area contributed by atoms with Crippen LogP contribution in [0.1, 0.15) is 18.4 Å². The predicted octanol–water partition coefficient (Wildman–Crippen LogP) is 0.823. The van der Waals surface area contributed by atoms with E-state index in [1.807, 2.05) is 12.1 Å². The third-order valence-corrected chi connectivity index (χ3v) is 2.23. The Bertz CT molecular complexity index is 322. The summed E-state index contributed by atoms with van der Waals surface area (Å²) in [4.78, 5) is 11.2. The molecule has 0 atom stereocenters. The van der Waals surface area contributed by atoms with Crippen molar-refractivity contribution in [3.8, 4) is 5.75 Å². The van der Waals surface area contributed by atoms with Crippen molar-refractivity contribution in [3.63, 3.8) is 0 Å². The minimum Gasteiger partial charge on any atom is -0.508 e. The van der Waals surface area contributed by atoms with Gasteiger partial charge in [0.1, 0.15) is 5.75 Å². The van der Waals surface area contributed by atoms with Crippen molar-refractivity contribution < 1.29 is 15.0 Å². The Hall–Kier alpha value is -1.55. The van der Waals surface area contributed by atoms with E-state index in [9.17, 15) is 4.79 Å². The minimum absolute atomic E-state index is 0.0344. The maximum absolute atomic E-state index is 11.2. The van der Waals surface area contributed by atoms with Crippen molar-refractivity contribution in [1.82, 2.24) is 5.32 Å². The summed E-state index contributed by atoms with van der Waals surface area (Å²) in [6, 6.07) is 6.91. The van der Waals surface area contributed by atoms with E-state index in [2.05, 4.69) is 5.32 Å². The number of amides is 1. The SMILES string of the molecule is O=C(CCCO)NCCc1ccc(O)cc1. The molecule has 1 rings (SSSR count). The molecule has 0 aromatic heterocycles. The molecule has 0 radical (unpaired) electrons. The molecule has 0 spiro atoms. The highest BCUT2D eigenvalue weighted by molar-refractivity contribution is 5.75. The van der Waals surface area contributed by atoms with Gasteiger partial charge in [-0.25, -0.2) is 0 Å². The van der Waals surface area contributed by atoms with Gasteiger partial charge in [0.05, 0.1) is 0 Å². The van der Waals surface area contributed by atoms with Crippen LogP contribution in [0.3, 0.4) is 0 Å². The van der Waals surface area contributed by atoms with Gasteiger partial charge in [0, 0.05) is 19.6 Å². The van der Waals surface area contributed by atoms with Gasteiger partial charge in [0.2, 0.25) is 5.91 Å². The molecule has 1 amide bonds. The monoisotopic (exact) mass is 223 g/mol. The summed E-state index contributed by atoms with van der Waals surface area (Å²) in [5, 5.41) is 20.4. The van der Waals surface area contributed by atoms with Gasteiger partial charge in [-0.2, -0.15) is 0 Å². The molecule has 0 fully saturated rings. The van der Waals surface area contributed by atoms with Gasteiger partial charge in [-0.05, 0) is 30.5 Å². The fourth-order valence-corrected chi connectivity index (χ4v) is 1.34. The number of aliphatic hydroxyl groups is 1. The average Bonchev–Trinajstić information content (AvgIpc) is 2.29. The molecular weight excluding hydrogens is 206 g/mol. The van der Waals surface area contributed by atoms with Crippen LogP contribution in [-0.2, 0) is 11.2 Å². The quantitative estimate of drug-likeness (QED) is 0.669. The standard InChI is InChI=1S/C12H17NO3/c14-9-1-2-12(16)13-8-7-10-3-5-11(15)6-4-10/h3-6,14-15H,1-2,7-9H2,(H,13,16). The third-order valence-electron chi connectivity index (χ3n) is 2.23. The van der Waals surface area contributed by atoms with Crippen LogP contribution >= 0.6 is 0 Å². The summed E-state index contributed by atoms with van der Waals surface area (Å²) in [5.41, 5.74) is 1.07. The molecule has 3 N–H and O–H groups in total. The smallest absolute Gasteiger partial charge is 0.220 e. The number of hydrogen-bond donors (Lipinski definition) is 3. The van der Waals surface area contributed by atoms with E-state index in [-0.39, 0.29) is 18.3 Å². The van der Waals surface area contributed by atoms with Gasteiger partial charge in [-0.3, -0.25) is 4.79 Å². The van der Waals surface area contributed by atoms with Crippen molar-refractivity contribution in [2.24, 2.45) is 0 Å². The van der Waals surface area contributed by atoms with Gasteiger partial charge in [0.25, 0.3) is 0 Å². The fourth-order valence-electron chi connectivity index (χ4n) is 1.34. The van der Waals surface area contributed by atoms with E-state index in [4.69, 9.17) is 10.2 Å². The van der Waals surface area contributed by atoms with Crippen molar-refractivity contribution in [2.75, 3.05) is 13.2 Å². The van der Waals surface area contributed by atoms with Gasteiger partial charge < -0.3 is 15.5 Å². The van der Waals surface area contributed by atoms with Gasteiger partial charge >= 0.3 is 0 Å². The summed E-state index contributed by atoms with van der Waals surface area (Å²) in [6.07, 6.45) is 1.61. The van der Waals surface area contributed by atoms with Gasteiger partial charge in [-0.1, -0.05) is 12.1 Å². The van der Waals surface area contributed by atoms with Crippen molar-refractivity contribution in [1.29, 1.82) is 0 Å². The van der Waals surface area contributed by atoms with E-state index in [1.165, 1.54) is 0 Å². The number of carbonyl (C=O) groups excluding carboxylic acids is 1. The molecule has 0 aliphatic rings. The van der Waals surface area contributed by atoms with E-state index in [0.717, 1.165) is 12.0 Å². The van der Waals surface area contributed by atoms with Crippen molar-refractivity contribution >= 4 is 5.91 Å². The normalized spacial score (nSPS) is 10.1. The molecule has 0 bridgehead atoms. The van der Waals surface area contributed by atoms with Crippen molar-refractivity contribution in [2.45, 2.75) is 19.3 Å². The largest absolute Gasteiger partial charge is 0.508 e. The van der Waals surface area contributed by atoms with E-state index in [1.54, 1.807) is 12.1 Å². The van der Waals surface area contributed by atoms with E-state index in [0.29, 0.717) is 19.4 Å². The van der Waals surface area contributed by atoms with Crippen LogP contribution in [0.5, 0.6) is 5.75 Å². The number of carbonyl (C=O) groups is 1. The molecule has 0 saturated heterocycles. The van der Waals surface area contributed by atoms with Crippen LogP contribution in [0, 0.1) is 0 Å². The molecule has 4 heteroatoms. The zero-order valence-corrected chi connectivity index (χ0v) is 9.15. The maximum atomic E-state index is 11.2. The average molecular weight is 223 g/mol. The van der Waals surface area contributed by atoms with Gasteiger partial charge in [-0.15, -0.1) is 0 Å². The second kappa shape index (κ2) is 6.85. The van der Waals surface area contributed by atoms with Crippen LogP contribution in [0.25, 0.3) is 0 Å². The first-order valence-corrected chi connectivity index (χ1v) is 5.38. The Morgan fingerprint density at radius 2 is 1.94 bits per heavy atom. The molecule has 0 unspecified atom stereocenters. The molecule has 16 heavy (non-hydrogen) atoms. The highest BCUT2D eigenvalue weighted by atomic mass is 16.3. The van der Waals surface area contributed by atoms with Gasteiger partial charge in [0.15, 0.2) is 0 Å². The Kier molecular flexibility index (Phi) is 5.36. The molecular formula is C12H17NO3. The number of benzene rings is 1. The number of phenolic OH excluding ortho intramolecular Hbond substituents is 1. The maximum Gasteiger partial charge on any atom is 0.220 e. The second-order valence-electron chi connectivity index (χ2n) is 3.59. The fraction of sp³-hybridized carbons (Fsp3) is 0.417. The lowest BCUT2D eigenvalue weighted by Crippen LogP contribution is -2.25. The lowest BCUT2D eigenvalue weighted by Gasteiger charge is -2.04. The summed E-state index contributed by atoms with van der Waals surface area (Å²) in [7, 11) is 0. The number of nitrogens with one attached hydrogen (secondary N) is 1. The number of rotatable bonds is 6. The third kappa shape index (κ3) is 4.79.